The fraction of sp³-hybridized carbons (Fsp3) is 0.385. The Balaban J connectivity index is 2.09. The van der Waals surface area contributed by atoms with Gasteiger partial charge in [0, 0.05) is 24.6 Å². The average Bonchev–Trinajstić information content (AvgIpc) is 2.39. The molecule has 5 heteroatoms. The molecule has 96 valence electrons. The molecule has 1 atom stereocenters. The lowest BCUT2D eigenvalue weighted by Gasteiger charge is -2.32. The molecule has 0 saturated carbocycles. The van der Waals surface area contributed by atoms with E-state index in [9.17, 15) is 9.90 Å². The van der Waals surface area contributed by atoms with Crippen molar-refractivity contribution in [2.75, 3.05) is 13.1 Å². The zero-order valence-electron chi connectivity index (χ0n) is 10.0. The van der Waals surface area contributed by atoms with Crippen LogP contribution < -0.4 is 5.73 Å². The Bertz CT molecular complexity index is 459. The first-order chi connectivity index (χ1) is 8.58. The number of carbonyl (C=O) groups is 1. The zero-order chi connectivity index (χ0) is 13.1. The number of nitrogens with zero attached hydrogens (tertiary/aromatic N) is 1. The first-order valence-electron chi connectivity index (χ1n) is 5.95. The molecule has 0 bridgehead atoms. The largest absolute Gasteiger partial charge is 0.508 e. The minimum Gasteiger partial charge on any atom is -0.508 e. The fourth-order valence-electron chi connectivity index (χ4n) is 2.18. The van der Waals surface area contributed by atoms with Crippen molar-refractivity contribution in [1.29, 1.82) is 0 Å². The Morgan fingerprint density at radius 1 is 1.39 bits per heavy atom. The van der Waals surface area contributed by atoms with Gasteiger partial charge in [-0.15, -0.1) is 0 Å². The second-order valence-electron chi connectivity index (χ2n) is 4.54. The monoisotopic (exact) mass is 264 g/mol. The maximum Gasteiger partial charge on any atom is 0.253 e. The van der Waals surface area contributed by atoms with Crippen LogP contribution in [-0.2, 0) is 0 Å². The predicted octanol–water partition coefficient (Wildman–Crippen LogP) is 1.53. The molecule has 0 spiro atoms. The summed E-state index contributed by atoms with van der Waals surface area (Å²) in [7, 11) is 0. The first-order valence-corrected chi connectivity index (χ1v) is 6.36. The number of amides is 1. The van der Waals surface area contributed by atoms with Crippen molar-refractivity contribution < 1.29 is 9.90 Å². The van der Waals surface area contributed by atoms with Crippen LogP contribution in [0, 0.1) is 5.92 Å². The predicted molar refractivity (Wildman–Crippen MR) is 73.5 cm³/mol. The molecule has 0 aromatic heterocycles. The van der Waals surface area contributed by atoms with Crippen molar-refractivity contribution in [2.24, 2.45) is 11.7 Å². The summed E-state index contributed by atoms with van der Waals surface area (Å²) in [5.41, 5.74) is 6.23. The van der Waals surface area contributed by atoms with Gasteiger partial charge in [-0.05, 0) is 37.1 Å². The van der Waals surface area contributed by atoms with Crippen molar-refractivity contribution in [3.05, 3.63) is 29.8 Å². The topological polar surface area (TPSA) is 66.6 Å². The number of phenols is 1. The second-order valence-corrected chi connectivity index (χ2v) is 5.01. The van der Waals surface area contributed by atoms with E-state index in [0.717, 1.165) is 19.4 Å². The van der Waals surface area contributed by atoms with Gasteiger partial charge in [0.25, 0.3) is 5.91 Å². The van der Waals surface area contributed by atoms with Crippen LogP contribution >= 0.6 is 12.2 Å². The number of thiocarbonyl (C=S) groups is 1. The van der Waals surface area contributed by atoms with E-state index in [2.05, 4.69) is 0 Å². The summed E-state index contributed by atoms with van der Waals surface area (Å²) in [4.78, 5) is 14.5. The number of benzene rings is 1. The Morgan fingerprint density at radius 2 is 2.06 bits per heavy atom. The minimum absolute atomic E-state index is 0.0315. The van der Waals surface area contributed by atoms with E-state index in [1.807, 2.05) is 0 Å². The van der Waals surface area contributed by atoms with Gasteiger partial charge < -0.3 is 15.7 Å². The van der Waals surface area contributed by atoms with Crippen LogP contribution in [0.4, 0.5) is 0 Å². The highest BCUT2D eigenvalue weighted by Gasteiger charge is 2.25. The average molecular weight is 264 g/mol. The maximum absolute atomic E-state index is 12.2. The molecule has 1 fully saturated rings. The summed E-state index contributed by atoms with van der Waals surface area (Å²) in [6, 6.07) is 6.29. The van der Waals surface area contributed by atoms with E-state index >= 15 is 0 Å². The number of phenolic OH excluding ortho intramolecular Hbond substituents is 1. The lowest BCUT2D eigenvalue weighted by Crippen LogP contribution is -2.43. The van der Waals surface area contributed by atoms with Gasteiger partial charge in [-0.3, -0.25) is 4.79 Å². The van der Waals surface area contributed by atoms with E-state index in [1.165, 1.54) is 12.1 Å². The van der Waals surface area contributed by atoms with Crippen LogP contribution in [0.5, 0.6) is 5.75 Å². The highest BCUT2D eigenvalue weighted by molar-refractivity contribution is 7.80. The molecule has 1 aromatic rings. The molecule has 3 N–H and O–H groups in total. The summed E-state index contributed by atoms with van der Waals surface area (Å²) in [6.45, 7) is 1.33. The van der Waals surface area contributed by atoms with Gasteiger partial charge in [0.2, 0.25) is 0 Å². The van der Waals surface area contributed by atoms with E-state index in [4.69, 9.17) is 18.0 Å². The molecule has 1 aliphatic heterocycles. The molecular formula is C13H16N2O2S. The number of carbonyl (C=O) groups excluding carboxylic acids is 1. The number of likely N-dealkylation sites (tertiary alicyclic amines) is 1. The lowest BCUT2D eigenvalue weighted by atomic mass is 9.97. The minimum atomic E-state index is -0.0315. The first kappa shape index (κ1) is 12.8. The maximum atomic E-state index is 12.2. The van der Waals surface area contributed by atoms with Gasteiger partial charge in [0.1, 0.15) is 5.75 Å². The van der Waals surface area contributed by atoms with Crippen LogP contribution in [0.25, 0.3) is 0 Å². The van der Waals surface area contributed by atoms with Crippen molar-refractivity contribution in [3.63, 3.8) is 0 Å². The third-order valence-electron chi connectivity index (χ3n) is 3.23. The quantitative estimate of drug-likeness (QED) is 0.795. The summed E-state index contributed by atoms with van der Waals surface area (Å²) < 4.78 is 0. The van der Waals surface area contributed by atoms with Crippen molar-refractivity contribution in [1.82, 2.24) is 4.90 Å². The number of aromatic hydroxyl groups is 1. The smallest absolute Gasteiger partial charge is 0.253 e. The third-order valence-corrected chi connectivity index (χ3v) is 3.56. The molecule has 0 aliphatic carbocycles. The second kappa shape index (κ2) is 5.35. The SMILES string of the molecule is NC(=S)C1CCCN(C(=O)c2ccc(O)cc2)C1. The molecule has 1 aromatic carbocycles. The Morgan fingerprint density at radius 3 is 2.67 bits per heavy atom. The molecule has 1 aliphatic rings. The molecule has 4 nitrogen and oxygen atoms in total. The number of nitrogens with two attached hydrogens (primary N) is 1. The van der Waals surface area contributed by atoms with E-state index in [-0.39, 0.29) is 17.6 Å². The molecular weight excluding hydrogens is 248 g/mol. The molecule has 1 unspecified atom stereocenters. The van der Waals surface area contributed by atoms with Crippen molar-refractivity contribution in [2.45, 2.75) is 12.8 Å². The Kier molecular flexibility index (Phi) is 3.81. The van der Waals surface area contributed by atoms with Crippen LogP contribution in [0.1, 0.15) is 23.2 Å². The van der Waals surface area contributed by atoms with Gasteiger partial charge in [-0.1, -0.05) is 12.2 Å². The van der Waals surface area contributed by atoms with E-state index in [0.29, 0.717) is 17.1 Å². The van der Waals surface area contributed by atoms with Gasteiger partial charge >= 0.3 is 0 Å². The number of hydrogen-bond donors (Lipinski definition) is 2. The summed E-state index contributed by atoms with van der Waals surface area (Å²) >= 11 is 5.00. The van der Waals surface area contributed by atoms with E-state index < -0.39 is 0 Å². The molecule has 0 radical (unpaired) electrons. The van der Waals surface area contributed by atoms with Crippen LogP contribution in [0.15, 0.2) is 24.3 Å². The summed E-state index contributed by atoms with van der Waals surface area (Å²) in [6.07, 6.45) is 1.88. The lowest BCUT2D eigenvalue weighted by molar-refractivity contribution is 0.0703. The molecule has 1 heterocycles. The summed E-state index contributed by atoms with van der Waals surface area (Å²) in [5.74, 6) is 0.247. The summed E-state index contributed by atoms with van der Waals surface area (Å²) in [5, 5.41) is 9.21. The highest BCUT2D eigenvalue weighted by atomic mass is 32.1. The Labute approximate surface area is 111 Å². The standard InChI is InChI=1S/C13H16N2O2S/c14-12(18)10-2-1-7-15(8-10)13(17)9-3-5-11(16)6-4-9/h3-6,10,16H,1-2,7-8H2,(H2,14,18). The Hall–Kier alpha value is -1.62. The zero-order valence-corrected chi connectivity index (χ0v) is 10.8. The van der Waals surface area contributed by atoms with E-state index in [1.54, 1.807) is 17.0 Å². The van der Waals surface area contributed by atoms with Crippen molar-refractivity contribution >= 4 is 23.1 Å². The fourth-order valence-corrected chi connectivity index (χ4v) is 2.37. The van der Waals surface area contributed by atoms with Gasteiger partial charge in [0.05, 0.1) is 4.99 Å². The van der Waals surface area contributed by atoms with Gasteiger partial charge in [-0.25, -0.2) is 0 Å². The number of rotatable bonds is 2. The number of hydrogen-bond acceptors (Lipinski definition) is 3. The van der Waals surface area contributed by atoms with Gasteiger partial charge in [-0.2, -0.15) is 0 Å². The van der Waals surface area contributed by atoms with Crippen LogP contribution in [0.3, 0.4) is 0 Å². The molecule has 1 amide bonds. The highest BCUT2D eigenvalue weighted by Crippen LogP contribution is 2.19. The van der Waals surface area contributed by atoms with Crippen molar-refractivity contribution in [3.8, 4) is 5.75 Å². The number of piperidine rings is 1. The molecule has 18 heavy (non-hydrogen) atoms. The molecule has 2 rings (SSSR count). The normalized spacial score (nSPS) is 19.6. The van der Waals surface area contributed by atoms with Gasteiger partial charge in [0.15, 0.2) is 0 Å². The van der Waals surface area contributed by atoms with Crippen LogP contribution in [0.2, 0.25) is 0 Å². The molecule has 1 saturated heterocycles. The van der Waals surface area contributed by atoms with Crippen LogP contribution in [-0.4, -0.2) is 34.0 Å². The third kappa shape index (κ3) is 2.79.